The maximum Gasteiger partial charge on any atom is 0.191 e. The third-order valence-corrected chi connectivity index (χ3v) is 2.11. The molecule has 1 rings (SSSR count). The van der Waals surface area contributed by atoms with E-state index in [0.29, 0.717) is 17.1 Å². The van der Waals surface area contributed by atoms with E-state index < -0.39 is 0 Å². The van der Waals surface area contributed by atoms with Crippen LogP contribution in [-0.2, 0) is 0 Å². The fraction of sp³-hybridized carbons (Fsp3) is 0.333. The second kappa shape index (κ2) is 4.35. The summed E-state index contributed by atoms with van der Waals surface area (Å²) in [4.78, 5) is 4.23. The Balaban J connectivity index is 3.39. The average Bonchev–Trinajstić information content (AvgIpc) is 2.54. The molecule has 0 aromatic carbocycles. The Morgan fingerprint density at radius 3 is 2.50 bits per heavy atom. The van der Waals surface area contributed by atoms with Gasteiger partial charge < -0.3 is 10.3 Å². The monoisotopic (exact) mass is 219 g/mol. The minimum Gasteiger partial charge on any atom is -0.380 e. The number of hydrogen-bond acceptors (Lipinski definition) is 4. The number of aliphatic imine (C=N–C) groups is 1. The molecule has 0 bridgehead atoms. The van der Waals surface area contributed by atoms with Gasteiger partial charge in [-0.3, -0.25) is 4.99 Å². The average molecular weight is 219 g/mol. The van der Waals surface area contributed by atoms with Crippen LogP contribution in [-0.4, -0.2) is 10.9 Å². The number of nitrogens with two attached hydrogens (primary N) is 1. The topological polar surface area (TPSA) is 64.4 Å². The molecule has 0 spiro atoms. The molecule has 0 aliphatic rings. The number of aromatic nitrogens is 1. The first-order chi connectivity index (χ1) is 7.41. The van der Waals surface area contributed by atoms with E-state index in [1.165, 1.54) is 6.20 Å². The van der Waals surface area contributed by atoms with Gasteiger partial charge in [-0.1, -0.05) is 45.2 Å². The second-order valence-corrected chi connectivity index (χ2v) is 4.43. The van der Waals surface area contributed by atoms with E-state index in [1.807, 2.05) is 20.8 Å². The molecular formula is C12H17N3O. The standard InChI is InChI=1S/C12H17N3O/c1-6-8-9(16-15-11(8)13)10(14-7-2)12(3,4)5/h6-7H,1-2H2,3-5H3,(H2,13,15)/b14-10+. The van der Waals surface area contributed by atoms with E-state index in [4.69, 9.17) is 10.3 Å². The summed E-state index contributed by atoms with van der Waals surface area (Å²) >= 11 is 0. The Morgan fingerprint density at radius 1 is 1.44 bits per heavy atom. The molecule has 0 saturated carbocycles. The van der Waals surface area contributed by atoms with Gasteiger partial charge in [0.15, 0.2) is 11.6 Å². The summed E-state index contributed by atoms with van der Waals surface area (Å²) in [6.07, 6.45) is 3.09. The molecule has 1 aromatic heterocycles. The van der Waals surface area contributed by atoms with Crippen LogP contribution in [0.1, 0.15) is 32.1 Å². The van der Waals surface area contributed by atoms with Gasteiger partial charge >= 0.3 is 0 Å². The number of hydrogen-bond donors (Lipinski definition) is 1. The highest BCUT2D eigenvalue weighted by atomic mass is 16.5. The van der Waals surface area contributed by atoms with Crippen molar-refractivity contribution in [3.63, 3.8) is 0 Å². The van der Waals surface area contributed by atoms with Crippen molar-refractivity contribution in [1.82, 2.24) is 5.16 Å². The van der Waals surface area contributed by atoms with Crippen molar-refractivity contribution < 1.29 is 4.52 Å². The summed E-state index contributed by atoms with van der Waals surface area (Å²) in [6, 6.07) is 0. The van der Waals surface area contributed by atoms with Crippen molar-refractivity contribution in [3.05, 3.63) is 30.7 Å². The summed E-state index contributed by atoms with van der Waals surface area (Å²) in [5.74, 6) is 0.880. The van der Waals surface area contributed by atoms with Gasteiger partial charge in [0.2, 0.25) is 0 Å². The van der Waals surface area contributed by atoms with Crippen LogP contribution < -0.4 is 5.73 Å². The molecule has 0 amide bonds. The second-order valence-electron chi connectivity index (χ2n) is 4.43. The van der Waals surface area contributed by atoms with Gasteiger partial charge in [-0.15, -0.1) is 0 Å². The molecule has 0 aliphatic carbocycles. The van der Waals surface area contributed by atoms with Crippen LogP contribution >= 0.6 is 0 Å². The number of nitrogen functional groups attached to an aromatic ring is 1. The normalized spacial score (nSPS) is 12.6. The predicted octanol–water partition coefficient (Wildman–Crippen LogP) is 2.88. The number of rotatable bonds is 3. The SMILES string of the molecule is C=C/N=C(\c1onc(N)c1C=C)C(C)(C)C. The molecule has 0 unspecified atom stereocenters. The third kappa shape index (κ3) is 2.21. The molecule has 86 valence electrons. The summed E-state index contributed by atoms with van der Waals surface area (Å²) < 4.78 is 5.20. The Morgan fingerprint density at radius 2 is 2.06 bits per heavy atom. The maximum absolute atomic E-state index is 5.67. The van der Waals surface area contributed by atoms with Gasteiger partial charge in [-0.05, 0) is 0 Å². The predicted molar refractivity (Wildman–Crippen MR) is 67.2 cm³/mol. The van der Waals surface area contributed by atoms with Crippen LogP contribution in [0.2, 0.25) is 0 Å². The fourth-order valence-electron chi connectivity index (χ4n) is 1.36. The van der Waals surface area contributed by atoms with Crippen molar-refractivity contribution in [2.45, 2.75) is 20.8 Å². The van der Waals surface area contributed by atoms with E-state index >= 15 is 0 Å². The van der Waals surface area contributed by atoms with Crippen LogP contribution in [0.4, 0.5) is 5.82 Å². The number of nitrogens with zero attached hydrogens (tertiary/aromatic N) is 2. The van der Waals surface area contributed by atoms with Crippen LogP contribution in [0.3, 0.4) is 0 Å². The van der Waals surface area contributed by atoms with Crippen LogP contribution in [0.25, 0.3) is 6.08 Å². The largest absolute Gasteiger partial charge is 0.380 e. The lowest BCUT2D eigenvalue weighted by Gasteiger charge is -2.19. The van der Waals surface area contributed by atoms with E-state index in [1.54, 1.807) is 6.08 Å². The lowest BCUT2D eigenvalue weighted by molar-refractivity contribution is 0.408. The summed E-state index contributed by atoms with van der Waals surface area (Å²) in [6.45, 7) is 13.4. The molecule has 4 heteroatoms. The van der Waals surface area contributed by atoms with Gasteiger partial charge in [0.05, 0.1) is 11.3 Å². The molecular weight excluding hydrogens is 202 g/mol. The van der Waals surface area contributed by atoms with Crippen LogP contribution in [0.5, 0.6) is 0 Å². The van der Waals surface area contributed by atoms with E-state index in [-0.39, 0.29) is 5.41 Å². The van der Waals surface area contributed by atoms with E-state index in [9.17, 15) is 0 Å². The van der Waals surface area contributed by atoms with E-state index in [0.717, 1.165) is 5.71 Å². The highest BCUT2D eigenvalue weighted by molar-refractivity contribution is 6.05. The lowest BCUT2D eigenvalue weighted by Crippen LogP contribution is -2.21. The highest BCUT2D eigenvalue weighted by Gasteiger charge is 2.27. The van der Waals surface area contributed by atoms with Crippen molar-refractivity contribution >= 4 is 17.6 Å². The number of anilines is 1. The lowest BCUT2D eigenvalue weighted by atomic mass is 9.87. The molecule has 2 N–H and O–H groups in total. The first-order valence-electron chi connectivity index (χ1n) is 4.99. The third-order valence-electron chi connectivity index (χ3n) is 2.11. The highest BCUT2D eigenvalue weighted by Crippen LogP contribution is 2.27. The molecule has 0 aliphatic heterocycles. The van der Waals surface area contributed by atoms with Crippen molar-refractivity contribution in [2.75, 3.05) is 5.73 Å². The maximum atomic E-state index is 5.67. The molecule has 0 fully saturated rings. The Kier molecular flexibility index (Phi) is 3.32. The minimum absolute atomic E-state index is 0.183. The van der Waals surface area contributed by atoms with Crippen LogP contribution in [0.15, 0.2) is 28.9 Å². The van der Waals surface area contributed by atoms with E-state index in [2.05, 4.69) is 23.3 Å². The molecule has 4 nitrogen and oxygen atoms in total. The van der Waals surface area contributed by atoms with Gasteiger partial charge in [0.25, 0.3) is 0 Å². The molecule has 0 saturated heterocycles. The summed E-state index contributed by atoms with van der Waals surface area (Å²) in [7, 11) is 0. The molecule has 16 heavy (non-hydrogen) atoms. The fourth-order valence-corrected chi connectivity index (χ4v) is 1.36. The Bertz CT molecular complexity index is 436. The zero-order valence-electron chi connectivity index (χ0n) is 9.95. The van der Waals surface area contributed by atoms with Crippen molar-refractivity contribution in [1.29, 1.82) is 0 Å². The molecule has 0 radical (unpaired) electrons. The van der Waals surface area contributed by atoms with Crippen molar-refractivity contribution in [2.24, 2.45) is 10.4 Å². The first-order valence-corrected chi connectivity index (χ1v) is 4.99. The zero-order chi connectivity index (χ0) is 12.3. The Hall–Kier alpha value is -1.84. The summed E-state index contributed by atoms with van der Waals surface area (Å²) in [5.41, 5.74) is 6.92. The van der Waals surface area contributed by atoms with Gasteiger partial charge in [0.1, 0.15) is 0 Å². The molecule has 1 heterocycles. The van der Waals surface area contributed by atoms with Crippen LogP contribution in [0, 0.1) is 5.41 Å². The Labute approximate surface area is 95.5 Å². The van der Waals surface area contributed by atoms with Gasteiger partial charge in [-0.25, -0.2) is 0 Å². The smallest absolute Gasteiger partial charge is 0.191 e. The quantitative estimate of drug-likeness (QED) is 0.795. The zero-order valence-corrected chi connectivity index (χ0v) is 9.95. The summed E-state index contributed by atoms with van der Waals surface area (Å²) in [5, 5.41) is 3.72. The molecule has 1 aromatic rings. The molecule has 0 atom stereocenters. The van der Waals surface area contributed by atoms with Gasteiger partial charge in [-0.2, -0.15) is 0 Å². The van der Waals surface area contributed by atoms with Crippen molar-refractivity contribution in [3.8, 4) is 0 Å². The first kappa shape index (κ1) is 12.2. The minimum atomic E-state index is -0.183. The van der Waals surface area contributed by atoms with Gasteiger partial charge in [0, 0.05) is 11.6 Å².